The van der Waals surface area contributed by atoms with Crippen LogP contribution in [0.15, 0.2) is 48.5 Å². The van der Waals surface area contributed by atoms with Crippen LogP contribution in [-0.4, -0.2) is 29.1 Å². The molecular weight excluding hydrogens is 306 g/mol. The van der Waals surface area contributed by atoms with Gasteiger partial charge in [0.1, 0.15) is 18.0 Å². The first-order valence-corrected chi connectivity index (χ1v) is 7.63. The monoisotopic (exact) mass is 327 g/mol. The number of benzene rings is 1. The maximum Gasteiger partial charge on any atom is 0.408 e. The molecule has 6 heteroatoms. The Labute approximate surface area is 141 Å². The number of nitrogens with zero attached hydrogens (tertiary/aromatic N) is 1. The molecule has 0 atom stereocenters. The van der Waals surface area contributed by atoms with E-state index in [4.69, 9.17) is 4.74 Å². The number of alkyl carbamates (subject to hydrolysis) is 1. The van der Waals surface area contributed by atoms with Crippen molar-refractivity contribution in [2.75, 3.05) is 11.9 Å². The third kappa shape index (κ3) is 5.72. The summed E-state index contributed by atoms with van der Waals surface area (Å²) in [5, 5.41) is 5.05. The number of pyridine rings is 1. The van der Waals surface area contributed by atoms with Crippen LogP contribution in [0.1, 0.15) is 20.8 Å². The van der Waals surface area contributed by atoms with Gasteiger partial charge in [-0.05, 0) is 32.9 Å². The number of carbonyl (C=O) groups excluding carboxylic acids is 2. The van der Waals surface area contributed by atoms with Gasteiger partial charge in [0.05, 0.1) is 5.69 Å². The molecule has 2 aromatic rings. The molecule has 1 aromatic carbocycles. The fourth-order valence-electron chi connectivity index (χ4n) is 1.93. The molecule has 0 fully saturated rings. The van der Waals surface area contributed by atoms with E-state index < -0.39 is 11.7 Å². The second kappa shape index (κ2) is 7.59. The molecule has 6 nitrogen and oxygen atoms in total. The van der Waals surface area contributed by atoms with E-state index in [0.717, 1.165) is 11.3 Å². The highest BCUT2D eigenvalue weighted by Gasteiger charge is 2.16. The standard InChI is InChI=1S/C18H21N3O3/c1-18(2,3)24-17(23)19-12-16(22)21-15-11-7-10-14(20-15)13-8-5-4-6-9-13/h4-11H,12H2,1-3H3,(H,19,23)(H,20,21,22). The van der Waals surface area contributed by atoms with Gasteiger partial charge in [-0.1, -0.05) is 36.4 Å². The molecule has 0 aliphatic carbocycles. The molecule has 0 radical (unpaired) electrons. The van der Waals surface area contributed by atoms with Crippen molar-refractivity contribution in [3.05, 3.63) is 48.5 Å². The molecule has 0 spiro atoms. The summed E-state index contributed by atoms with van der Waals surface area (Å²) in [6, 6.07) is 15.0. The number of anilines is 1. The van der Waals surface area contributed by atoms with Crippen LogP contribution < -0.4 is 10.6 Å². The zero-order valence-electron chi connectivity index (χ0n) is 14.0. The Bertz CT molecular complexity index is 709. The molecule has 126 valence electrons. The van der Waals surface area contributed by atoms with E-state index in [1.54, 1.807) is 26.8 Å². The van der Waals surface area contributed by atoms with E-state index in [1.165, 1.54) is 0 Å². The third-order valence-corrected chi connectivity index (χ3v) is 2.88. The Kier molecular flexibility index (Phi) is 5.52. The molecule has 0 aliphatic rings. The minimum Gasteiger partial charge on any atom is -0.444 e. The van der Waals surface area contributed by atoms with Gasteiger partial charge in [0.2, 0.25) is 5.91 Å². The van der Waals surface area contributed by atoms with Gasteiger partial charge in [-0.2, -0.15) is 0 Å². The van der Waals surface area contributed by atoms with Crippen molar-refractivity contribution in [3.63, 3.8) is 0 Å². The lowest BCUT2D eigenvalue weighted by atomic mass is 10.1. The fraction of sp³-hybridized carbons (Fsp3) is 0.278. The average molecular weight is 327 g/mol. The van der Waals surface area contributed by atoms with Crippen molar-refractivity contribution in [2.24, 2.45) is 0 Å². The summed E-state index contributed by atoms with van der Waals surface area (Å²) in [4.78, 5) is 27.8. The molecular formula is C18H21N3O3. The maximum absolute atomic E-state index is 11.9. The summed E-state index contributed by atoms with van der Waals surface area (Å²) in [6.45, 7) is 5.08. The number of hydrogen-bond acceptors (Lipinski definition) is 4. The molecule has 0 saturated heterocycles. The first kappa shape index (κ1) is 17.5. The topological polar surface area (TPSA) is 80.3 Å². The predicted octanol–water partition coefficient (Wildman–Crippen LogP) is 3.21. The van der Waals surface area contributed by atoms with Crippen molar-refractivity contribution >= 4 is 17.8 Å². The summed E-state index contributed by atoms with van der Waals surface area (Å²) in [5.41, 5.74) is 1.11. The third-order valence-electron chi connectivity index (χ3n) is 2.88. The second-order valence-corrected chi connectivity index (χ2v) is 6.18. The number of carbonyl (C=O) groups is 2. The van der Waals surface area contributed by atoms with Gasteiger partial charge in [0, 0.05) is 5.56 Å². The van der Waals surface area contributed by atoms with Gasteiger partial charge in [-0.3, -0.25) is 4.79 Å². The Balaban J connectivity index is 1.92. The number of aromatic nitrogens is 1. The summed E-state index contributed by atoms with van der Waals surface area (Å²) in [5.74, 6) is 0.0471. The van der Waals surface area contributed by atoms with Crippen LogP contribution in [0.5, 0.6) is 0 Å². The molecule has 2 amide bonds. The van der Waals surface area contributed by atoms with Crippen LogP contribution in [0.25, 0.3) is 11.3 Å². The van der Waals surface area contributed by atoms with E-state index in [-0.39, 0.29) is 12.5 Å². The number of amides is 2. The predicted molar refractivity (Wildman–Crippen MR) is 92.5 cm³/mol. The van der Waals surface area contributed by atoms with Crippen molar-refractivity contribution in [1.29, 1.82) is 0 Å². The Morgan fingerprint density at radius 2 is 1.75 bits per heavy atom. The van der Waals surface area contributed by atoms with Gasteiger partial charge in [-0.15, -0.1) is 0 Å². The maximum atomic E-state index is 11.9. The molecule has 2 N–H and O–H groups in total. The van der Waals surface area contributed by atoms with Crippen LogP contribution in [0.2, 0.25) is 0 Å². The first-order chi connectivity index (χ1) is 11.3. The normalized spacial score (nSPS) is 10.8. The zero-order valence-corrected chi connectivity index (χ0v) is 14.0. The Morgan fingerprint density at radius 3 is 2.42 bits per heavy atom. The fourth-order valence-corrected chi connectivity index (χ4v) is 1.93. The van der Waals surface area contributed by atoms with Crippen LogP contribution in [0, 0.1) is 0 Å². The van der Waals surface area contributed by atoms with Gasteiger partial charge in [0.25, 0.3) is 0 Å². The molecule has 0 saturated carbocycles. The van der Waals surface area contributed by atoms with Crippen LogP contribution in [-0.2, 0) is 9.53 Å². The van der Waals surface area contributed by atoms with Gasteiger partial charge >= 0.3 is 6.09 Å². The lowest BCUT2D eigenvalue weighted by molar-refractivity contribution is -0.115. The molecule has 1 heterocycles. The van der Waals surface area contributed by atoms with E-state index in [2.05, 4.69) is 15.6 Å². The minimum atomic E-state index is -0.636. The quantitative estimate of drug-likeness (QED) is 0.903. The molecule has 0 aliphatic heterocycles. The number of hydrogen-bond donors (Lipinski definition) is 2. The zero-order chi connectivity index (χ0) is 17.6. The Hall–Kier alpha value is -2.89. The summed E-state index contributed by atoms with van der Waals surface area (Å²) in [6.07, 6.45) is -0.636. The molecule has 1 aromatic heterocycles. The van der Waals surface area contributed by atoms with E-state index in [9.17, 15) is 9.59 Å². The van der Waals surface area contributed by atoms with Crippen molar-refractivity contribution in [3.8, 4) is 11.3 Å². The van der Waals surface area contributed by atoms with E-state index in [0.29, 0.717) is 5.82 Å². The van der Waals surface area contributed by atoms with E-state index in [1.807, 2.05) is 42.5 Å². The van der Waals surface area contributed by atoms with Crippen molar-refractivity contribution in [2.45, 2.75) is 26.4 Å². The van der Waals surface area contributed by atoms with Crippen LogP contribution in [0.3, 0.4) is 0 Å². The van der Waals surface area contributed by atoms with E-state index >= 15 is 0 Å². The summed E-state index contributed by atoms with van der Waals surface area (Å²) in [7, 11) is 0. The SMILES string of the molecule is CC(C)(C)OC(=O)NCC(=O)Nc1cccc(-c2ccccc2)n1. The number of rotatable bonds is 4. The molecule has 0 unspecified atom stereocenters. The number of nitrogens with one attached hydrogen (secondary N) is 2. The minimum absolute atomic E-state index is 0.188. The van der Waals surface area contributed by atoms with Gasteiger partial charge in [-0.25, -0.2) is 9.78 Å². The lowest BCUT2D eigenvalue weighted by Gasteiger charge is -2.19. The largest absolute Gasteiger partial charge is 0.444 e. The Morgan fingerprint density at radius 1 is 1.04 bits per heavy atom. The molecule has 2 rings (SSSR count). The van der Waals surface area contributed by atoms with Crippen molar-refractivity contribution < 1.29 is 14.3 Å². The van der Waals surface area contributed by atoms with Gasteiger partial charge < -0.3 is 15.4 Å². The highest BCUT2D eigenvalue weighted by atomic mass is 16.6. The second-order valence-electron chi connectivity index (χ2n) is 6.18. The molecule has 0 bridgehead atoms. The lowest BCUT2D eigenvalue weighted by Crippen LogP contribution is -2.37. The van der Waals surface area contributed by atoms with Crippen molar-refractivity contribution in [1.82, 2.24) is 10.3 Å². The smallest absolute Gasteiger partial charge is 0.408 e. The summed E-state index contributed by atoms with van der Waals surface area (Å²) >= 11 is 0. The van der Waals surface area contributed by atoms with Crippen LogP contribution in [0.4, 0.5) is 10.6 Å². The highest BCUT2D eigenvalue weighted by molar-refractivity contribution is 5.93. The highest BCUT2D eigenvalue weighted by Crippen LogP contribution is 2.18. The first-order valence-electron chi connectivity index (χ1n) is 7.63. The van der Waals surface area contributed by atoms with Crippen LogP contribution >= 0.6 is 0 Å². The molecule has 24 heavy (non-hydrogen) atoms. The number of ether oxygens (including phenoxy) is 1. The van der Waals surface area contributed by atoms with Gasteiger partial charge in [0.15, 0.2) is 0 Å². The average Bonchev–Trinajstić information content (AvgIpc) is 2.52. The summed E-state index contributed by atoms with van der Waals surface area (Å²) < 4.78 is 5.07.